The molecule has 0 bridgehead atoms. The summed E-state index contributed by atoms with van der Waals surface area (Å²) in [6.45, 7) is 15.5. The van der Waals surface area contributed by atoms with Gasteiger partial charge in [-0.1, -0.05) is 53.1 Å². The van der Waals surface area contributed by atoms with Crippen molar-refractivity contribution in [2.24, 2.45) is 0 Å². The lowest BCUT2D eigenvalue weighted by Crippen LogP contribution is -2.58. The van der Waals surface area contributed by atoms with Crippen molar-refractivity contribution in [2.45, 2.75) is 58.2 Å². The number of nitrogens with zero attached hydrogens (tertiary/aromatic N) is 2. The fourth-order valence-corrected chi connectivity index (χ4v) is 12.1. The van der Waals surface area contributed by atoms with E-state index in [4.69, 9.17) is 11.6 Å². The van der Waals surface area contributed by atoms with Crippen LogP contribution in [0.15, 0.2) is 34.8 Å². The molecule has 0 saturated carbocycles. The normalized spacial score (nSPS) is 19.3. The molecule has 5 heteroatoms. The predicted molar refractivity (Wildman–Crippen MR) is 104 cm³/mol. The second-order valence-electron chi connectivity index (χ2n) is 6.87. The Bertz CT molecular complexity index is 487. The molecule has 0 aliphatic carbocycles. The van der Waals surface area contributed by atoms with E-state index >= 15 is 0 Å². The SMILES string of the molecule is CC(C)[Si](C(C)C)(C(C)C)N1CC=C2C1=CC=C(Cl)N2I. The van der Waals surface area contributed by atoms with Crippen molar-refractivity contribution in [3.63, 3.8) is 0 Å². The number of hydrogen-bond acceptors (Lipinski definition) is 2. The molecule has 0 amide bonds. The van der Waals surface area contributed by atoms with Gasteiger partial charge in [0.2, 0.25) is 0 Å². The van der Waals surface area contributed by atoms with Crippen LogP contribution >= 0.6 is 34.5 Å². The molecule has 0 unspecified atom stereocenters. The van der Waals surface area contributed by atoms with Crippen LogP contribution in [0.5, 0.6) is 0 Å². The summed E-state index contributed by atoms with van der Waals surface area (Å²) in [6, 6.07) is 0. The quantitative estimate of drug-likeness (QED) is 0.231. The molecule has 118 valence electrons. The van der Waals surface area contributed by atoms with Crippen molar-refractivity contribution in [1.82, 2.24) is 7.68 Å². The third-order valence-corrected chi connectivity index (χ3v) is 13.6. The largest absolute Gasteiger partial charge is 0.391 e. The lowest BCUT2D eigenvalue weighted by Gasteiger charge is -2.51. The van der Waals surface area contributed by atoms with Crippen molar-refractivity contribution in [3.8, 4) is 0 Å². The van der Waals surface area contributed by atoms with Gasteiger partial charge in [-0.15, -0.1) is 0 Å². The average molecular weight is 437 g/mol. The molecule has 2 aliphatic rings. The molecule has 0 atom stereocenters. The van der Waals surface area contributed by atoms with Crippen molar-refractivity contribution in [3.05, 3.63) is 34.8 Å². The summed E-state index contributed by atoms with van der Waals surface area (Å²) < 4.78 is 4.82. The molecule has 2 rings (SSSR count). The molecule has 0 aromatic rings. The van der Waals surface area contributed by atoms with E-state index < -0.39 is 8.24 Å². The summed E-state index contributed by atoms with van der Waals surface area (Å²) in [5.41, 5.74) is 4.79. The second kappa shape index (κ2) is 6.28. The van der Waals surface area contributed by atoms with Gasteiger partial charge < -0.3 is 4.57 Å². The summed E-state index contributed by atoms with van der Waals surface area (Å²) in [6.07, 6.45) is 6.58. The lowest BCUT2D eigenvalue weighted by atomic mass is 10.3. The Balaban J connectivity index is 2.50. The first-order valence-electron chi connectivity index (χ1n) is 7.76. The fraction of sp³-hybridized carbons (Fsp3) is 0.625. The minimum atomic E-state index is -1.64. The van der Waals surface area contributed by atoms with Crippen molar-refractivity contribution >= 4 is 42.7 Å². The summed E-state index contributed by atoms with van der Waals surface area (Å²) in [5.74, 6) is 0. The van der Waals surface area contributed by atoms with Crippen molar-refractivity contribution in [2.75, 3.05) is 6.54 Å². The Morgan fingerprint density at radius 1 is 1.00 bits per heavy atom. The predicted octanol–water partition coefficient (Wildman–Crippen LogP) is 5.99. The number of halogens is 2. The molecule has 0 N–H and O–H groups in total. The molecule has 2 nitrogen and oxygen atoms in total. The van der Waals surface area contributed by atoms with Gasteiger partial charge in [-0.2, -0.15) is 0 Å². The van der Waals surface area contributed by atoms with E-state index in [2.05, 4.69) is 84.2 Å². The molecule has 0 radical (unpaired) electrons. The third kappa shape index (κ3) is 2.61. The fourth-order valence-electron chi connectivity index (χ4n) is 4.50. The minimum absolute atomic E-state index is 0.718. The van der Waals surface area contributed by atoms with Gasteiger partial charge in [-0.3, -0.25) is 3.11 Å². The Kier molecular flexibility index (Phi) is 5.21. The molecule has 0 aromatic heterocycles. The van der Waals surface area contributed by atoms with Crippen molar-refractivity contribution in [1.29, 1.82) is 0 Å². The molecular weight excluding hydrogens is 411 g/mol. The van der Waals surface area contributed by atoms with Crippen LogP contribution in [-0.2, 0) is 0 Å². The van der Waals surface area contributed by atoms with E-state index in [9.17, 15) is 0 Å². The third-order valence-electron chi connectivity index (χ3n) is 5.04. The average Bonchev–Trinajstić information content (AvgIpc) is 2.78. The smallest absolute Gasteiger partial charge is 0.164 e. The van der Waals surface area contributed by atoms with Gasteiger partial charge in [0.25, 0.3) is 0 Å². The molecular formula is C16H26ClIN2Si. The monoisotopic (exact) mass is 436 g/mol. The maximum Gasteiger partial charge on any atom is 0.164 e. The zero-order valence-electron chi connectivity index (χ0n) is 13.8. The van der Waals surface area contributed by atoms with E-state index in [1.165, 1.54) is 11.4 Å². The zero-order valence-corrected chi connectivity index (χ0v) is 17.7. The summed E-state index contributed by atoms with van der Waals surface area (Å²) in [4.78, 5) is 0. The Labute approximate surface area is 149 Å². The van der Waals surface area contributed by atoms with Gasteiger partial charge in [0, 0.05) is 6.54 Å². The Morgan fingerprint density at radius 2 is 1.52 bits per heavy atom. The van der Waals surface area contributed by atoms with Crippen LogP contribution in [0, 0.1) is 0 Å². The van der Waals surface area contributed by atoms with Crippen LogP contribution in [0.3, 0.4) is 0 Å². The van der Waals surface area contributed by atoms with E-state index in [0.717, 1.165) is 28.3 Å². The molecule has 21 heavy (non-hydrogen) atoms. The maximum absolute atomic E-state index is 6.27. The molecule has 2 aliphatic heterocycles. The number of hydrogen-bond donors (Lipinski definition) is 0. The topological polar surface area (TPSA) is 6.48 Å². The second-order valence-corrected chi connectivity index (χ2v) is 14.0. The summed E-state index contributed by atoms with van der Waals surface area (Å²) >= 11 is 8.57. The van der Waals surface area contributed by atoms with Crippen LogP contribution < -0.4 is 0 Å². The molecule has 0 saturated heterocycles. The van der Waals surface area contributed by atoms with Gasteiger partial charge in [0.15, 0.2) is 8.24 Å². The Hall–Kier alpha value is 0.0569. The van der Waals surface area contributed by atoms with Crippen molar-refractivity contribution < 1.29 is 0 Å². The van der Waals surface area contributed by atoms with Crippen LogP contribution in [0.25, 0.3) is 0 Å². The zero-order chi connectivity index (χ0) is 15.9. The highest BCUT2D eigenvalue weighted by Crippen LogP contribution is 2.49. The van der Waals surface area contributed by atoms with Crippen LogP contribution in [0.2, 0.25) is 16.6 Å². The van der Waals surface area contributed by atoms with Crippen LogP contribution in [-0.4, -0.2) is 22.5 Å². The molecule has 0 fully saturated rings. The van der Waals surface area contributed by atoms with Crippen LogP contribution in [0.4, 0.5) is 0 Å². The van der Waals surface area contributed by atoms with Crippen LogP contribution in [0.1, 0.15) is 41.5 Å². The highest BCUT2D eigenvalue weighted by molar-refractivity contribution is 14.1. The highest BCUT2D eigenvalue weighted by Gasteiger charge is 2.51. The van der Waals surface area contributed by atoms with E-state index in [-0.39, 0.29) is 0 Å². The summed E-state index contributed by atoms with van der Waals surface area (Å²) in [7, 11) is -1.64. The molecule has 0 aromatic carbocycles. The standard InChI is InChI=1S/C16H26ClIN2Si/c1-11(2)21(12(3)4,13(5)6)19-10-9-15-14(19)7-8-16(17)20(15)18/h7-9,11-13H,10H2,1-6H3. The number of allylic oxidation sites excluding steroid dienone is 2. The molecule has 0 spiro atoms. The van der Waals surface area contributed by atoms with Gasteiger partial charge in [0.1, 0.15) is 5.16 Å². The summed E-state index contributed by atoms with van der Waals surface area (Å²) in [5, 5.41) is 0.790. The lowest BCUT2D eigenvalue weighted by molar-refractivity contribution is 0.527. The highest BCUT2D eigenvalue weighted by atomic mass is 127. The first-order valence-corrected chi connectivity index (χ1v) is 11.3. The maximum atomic E-state index is 6.27. The first-order chi connectivity index (χ1) is 9.74. The first kappa shape index (κ1) is 17.4. The molecule has 2 heterocycles. The Morgan fingerprint density at radius 3 is 2.00 bits per heavy atom. The van der Waals surface area contributed by atoms with Gasteiger partial charge >= 0.3 is 0 Å². The minimum Gasteiger partial charge on any atom is -0.391 e. The number of fused-ring (bicyclic) bond motifs is 1. The number of rotatable bonds is 4. The van der Waals surface area contributed by atoms with Gasteiger partial charge in [-0.05, 0) is 34.9 Å². The van der Waals surface area contributed by atoms with E-state index in [0.29, 0.717) is 0 Å². The van der Waals surface area contributed by atoms with Gasteiger partial charge in [0.05, 0.1) is 34.3 Å². The van der Waals surface area contributed by atoms with E-state index in [1.54, 1.807) is 0 Å². The van der Waals surface area contributed by atoms with Gasteiger partial charge in [-0.25, -0.2) is 0 Å². The van der Waals surface area contributed by atoms with E-state index in [1.807, 2.05) is 6.08 Å².